The number of fused-ring (bicyclic) bond motifs is 1. The zero-order chi connectivity index (χ0) is 22.9. The first kappa shape index (κ1) is 21.4. The van der Waals surface area contributed by atoms with Crippen molar-refractivity contribution in [3.05, 3.63) is 72.2 Å². The number of hydrazone groups is 1. The fourth-order valence-corrected chi connectivity index (χ4v) is 4.23. The summed E-state index contributed by atoms with van der Waals surface area (Å²) in [6, 6.07) is 7.55. The third-order valence-electron chi connectivity index (χ3n) is 4.81. The molecule has 3 heterocycles. The number of halogens is 1. The molecule has 4 aromatic rings. The quantitative estimate of drug-likeness (QED) is 0.328. The smallest absolute Gasteiger partial charge is 0.316 e. The molecule has 0 amide bonds. The van der Waals surface area contributed by atoms with Crippen LogP contribution in [-0.2, 0) is 10.0 Å². The maximum Gasteiger partial charge on any atom is 0.316 e. The van der Waals surface area contributed by atoms with E-state index < -0.39 is 15.8 Å². The van der Waals surface area contributed by atoms with Crippen molar-refractivity contribution < 1.29 is 17.5 Å². The van der Waals surface area contributed by atoms with Crippen LogP contribution in [0, 0.1) is 12.7 Å². The first-order valence-corrected chi connectivity index (χ1v) is 10.9. The van der Waals surface area contributed by atoms with Gasteiger partial charge in [-0.15, -0.1) is 0 Å². The number of benzene rings is 1. The van der Waals surface area contributed by atoms with Crippen LogP contribution in [0.5, 0.6) is 6.01 Å². The summed E-state index contributed by atoms with van der Waals surface area (Å²) in [7, 11) is -1.24. The number of nitrogens with zero attached hydrogens (tertiary/aromatic N) is 6. The van der Waals surface area contributed by atoms with Crippen LogP contribution in [0.1, 0.15) is 11.3 Å². The molecule has 0 saturated carbocycles. The molecule has 0 atom stereocenters. The highest BCUT2D eigenvalue weighted by molar-refractivity contribution is 7.89. The first-order valence-electron chi connectivity index (χ1n) is 9.42. The summed E-state index contributed by atoms with van der Waals surface area (Å²) in [6.07, 6.45) is 8.04. The van der Waals surface area contributed by atoms with E-state index in [0.717, 1.165) is 21.6 Å². The minimum Gasteiger partial charge on any atom is -0.467 e. The molecule has 0 spiro atoms. The molecule has 32 heavy (non-hydrogen) atoms. The van der Waals surface area contributed by atoms with Crippen molar-refractivity contribution in [1.29, 1.82) is 0 Å². The molecule has 3 aromatic heterocycles. The van der Waals surface area contributed by atoms with Crippen molar-refractivity contribution in [2.45, 2.75) is 11.8 Å². The zero-order valence-electron chi connectivity index (χ0n) is 17.5. The number of aryl methyl sites for hydroxylation is 1. The molecule has 4 rings (SSSR count). The van der Waals surface area contributed by atoms with Crippen molar-refractivity contribution >= 4 is 21.9 Å². The highest BCUT2D eigenvalue weighted by Crippen LogP contribution is 2.22. The number of pyridine rings is 1. The molecule has 164 valence electrons. The number of imidazole rings is 1. The van der Waals surface area contributed by atoms with Crippen LogP contribution in [0.3, 0.4) is 0 Å². The Kier molecular flexibility index (Phi) is 5.57. The molecule has 0 saturated heterocycles. The Morgan fingerprint density at radius 1 is 1.09 bits per heavy atom. The maximum absolute atomic E-state index is 13.6. The molecule has 0 fully saturated rings. The molecule has 0 N–H and O–H groups in total. The average Bonchev–Trinajstić information content (AvgIpc) is 3.21. The summed E-state index contributed by atoms with van der Waals surface area (Å²) >= 11 is 0. The topological polar surface area (TPSA) is 102 Å². The molecule has 0 aliphatic rings. The second-order valence-corrected chi connectivity index (χ2v) is 8.80. The van der Waals surface area contributed by atoms with E-state index in [9.17, 15) is 12.8 Å². The van der Waals surface area contributed by atoms with Gasteiger partial charge in [-0.3, -0.25) is 4.40 Å². The molecule has 9 nitrogen and oxygen atoms in total. The van der Waals surface area contributed by atoms with Gasteiger partial charge in [-0.2, -0.15) is 17.9 Å². The number of aromatic nitrogens is 4. The summed E-state index contributed by atoms with van der Waals surface area (Å²) in [5.41, 5.74) is 3.22. The van der Waals surface area contributed by atoms with Gasteiger partial charge in [-0.05, 0) is 36.8 Å². The van der Waals surface area contributed by atoms with Gasteiger partial charge in [0.1, 0.15) is 11.5 Å². The van der Waals surface area contributed by atoms with Crippen LogP contribution >= 0.6 is 0 Å². The van der Waals surface area contributed by atoms with Gasteiger partial charge in [0.25, 0.3) is 10.0 Å². The predicted octanol–water partition coefficient (Wildman–Crippen LogP) is 2.90. The van der Waals surface area contributed by atoms with Gasteiger partial charge in [0.05, 0.1) is 30.1 Å². The SMILES string of the molecule is COc1ncc(-c2ccc3ncc(C=NN(C)S(=O)(=O)c4cc(F)ccc4C)n3c2)cn1. The van der Waals surface area contributed by atoms with Crippen LogP contribution < -0.4 is 4.74 Å². The molecular formula is C21H19FN6O3S. The first-order chi connectivity index (χ1) is 15.3. The standard InChI is InChI=1S/C21H19FN6O3S/c1-14-4-6-17(22)8-19(14)32(29,30)27(2)26-12-18-11-23-20-7-5-15(13-28(18)20)16-9-24-21(31-3)25-10-16/h4-13H,1-3H3. The van der Waals surface area contributed by atoms with E-state index >= 15 is 0 Å². The molecule has 0 bridgehead atoms. The number of hydrogen-bond acceptors (Lipinski definition) is 7. The van der Waals surface area contributed by atoms with E-state index in [1.165, 1.54) is 32.5 Å². The molecule has 11 heteroatoms. The lowest BCUT2D eigenvalue weighted by atomic mass is 10.1. The highest BCUT2D eigenvalue weighted by Gasteiger charge is 2.22. The summed E-state index contributed by atoms with van der Waals surface area (Å²) in [6.45, 7) is 1.60. The van der Waals surface area contributed by atoms with Gasteiger partial charge in [0.15, 0.2) is 0 Å². The number of ether oxygens (including phenoxy) is 1. The van der Waals surface area contributed by atoms with Gasteiger partial charge >= 0.3 is 6.01 Å². The summed E-state index contributed by atoms with van der Waals surface area (Å²) in [5.74, 6) is -0.636. The van der Waals surface area contributed by atoms with Gasteiger partial charge in [-0.25, -0.2) is 19.3 Å². The number of sulfonamides is 1. The molecule has 0 radical (unpaired) electrons. The van der Waals surface area contributed by atoms with E-state index in [0.29, 0.717) is 16.9 Å². The van der Waals surface area contributed by atoms with Crippen LogP contribution in [0.4, 0.5) is 4.39 Å². The summed E-state index contributed by atoms with van der Waals surface area (Å²) < 4.78 is 46.8. The third kappa shape index (κ3) is 4.02. The Labute approximate surface area is 183 Å². The van der Waals surface area contributed by atoms with Crippen LogP contribution in [0.25, 0.3) is 16.8 Å². The Morgan fingerprint density at radius 3 is 2.56 bits per heavy atom. The Bertz CT molecular complexity index is 1420. The van der Waals surface area contributed by atoms with E-state index in [-0.39, 0.29) is 10.9 Å². The molecule has 1 aromatic carbocycles. The average molecular weight is 454 g/mol. The van der Waals surface area contributed by atoms with E-state index in [1.54, 1.807) is 29.9 Å². The Balaban J connectivity index is 1.65. The van der Waals surface area contributed by atoms with Gasteiger partial charge in [-0.1, -0.05) is 6.07 Å². The largest absolute Gasteiger partial charge is 0.467 e. The number of hydrogen-bond donors (Lipinski definition) is 0. The molecule has 0 aliphatic carbocycles. The van der Waals surface area contributed by atoms with E-state index in [4.69, 9.17) is 4.74 Å². The highest BCUT2D eigenvalue weighted by atomic mass is 32.2. The fraction of sp³-hybridized carbons (Fsp3) is 0.143. The summed E-state index contributed by atoms with van der Waals surface area (Å²) in [5, 5.41) is 4.06. The van der Waals surface area contributed by atoms with Gasteiger partial charge in [0.2, 0.25) is 0 Å². The van der Waals surface area contributed by atoms with Crippen LogP contribution in [-0.4, -0.2) is 52.6 Å². The normalized spacial score (nSPS) is 11.9. The minimum atomic E-state index is -4.02. The van der Waals surface area contributed by atoms with Crippen molar-refractivity contribution in [1.82, 2.24) is 23.8 Å². The molecular weight excluding hydrogens is 435 g/mol. The van der Waals surface area contributed by atoms with Gasteiger partial charge < -0.3 is 4.74 Å². The monoisotopic (exact) mass is 454 g/mol. The van der Waals surface area contributed by atoms with Crippen molar-refractivity contribution in [2.24, 2.45) is 5.10 Å². The lowest BCUT2D eigenvalue weighted by Gasteiger charge is -2.15. The molecule has 0 aliphatic heterocycles. The predicted molar refractivity (Wildman–Crippen MR) is 116 cm³/mol. The minimum absolute atomic E-state index is 0.142. The fourth-order valence-electron chi connectivity index (χ4n) is 3.03. The number of rotatable bonds is 6. The van der Waals surface area contributed by atoms with Gasteiger partial charge in [0, 0.05) is 36.8 Å². The van der Waals surface area contributed by atoms with E-state index in [2.05, 4.69) is 20.1 Å². The molecule has 0 unspecified atom stereocenters. The van der Waals surface area contributed by atoms with Crippen LogP contribution in [0.2, 0.25) is 0 Å². The van der Waals surface area contributed by atoms with E-state index in [1.807, 2.05) is 18.3 Å². The zero-order valence-corrected chi connectivity index (χ0v) is 18.3. The second-order valence-electron chi connectivity index (χ2n) is 6.88. The van der Waals surface area contributed by atoms with Crippen LogP contribution in [0.15, 0.2) is 65.1 Å². The second kappa shape index (κ2) is 8.35. The number of methoxy groups -OCH3 is 1. The van der Waals surface area contributed by atoms with Crippen molar-refractivity contribution in [2.75, 3.05) is 14.2 Å². The lowest BCUT2D eigenvalue weighted by molar-refractivity contribution is 0.380. The maximum atomic E-state index is 13.6. The Morgan fingerprint density at radius 2 is 1.84 bits per heavy atom. The van der Waals surface area contributed by atoms with Crippen molar-refractivity contribution in [3.8, 4) is 17.1 Å². The Hall–Kier alpha value is -3.86. The third-order valence-corrected chi connectivity index (χ3v) is 6.59. The summed E-state index contributed by atoms with van der Waals surface area (Å²) in [4.78, 5) is 12.4. The van der Waals surface area contributed by atoms with Crippen molar-refractivity contribution in [3.63, 3.8) is 0 Å². The lowest BCUT2D eigenvalue weighted by Crippen LogP contribution is -2.23.